The third-order valence-electron chi connectivity index (χ3n) is 0. The van der Waals surface area contributed by atoms with Crippen molar-refractivity contribution in [3.05, 3.63) is 0 Å². The summed E-state index contributed by atoms with van der Waals surface area (Å²) in [5.74, 6) is 0. The molecule has 3 heteroatoms. The monoisotopic (exact) mass is 234 g/mol. The fourth-order valence-electron chi connectivity index (χ4n) is 0. The van der Waals surface area contributed by atoms with Crippen molar-refractivity contribution in [2.45, 2.75) is 0 Å². The van der Waals surface area contributed by atoms with Crippen LogP contribution in [0.1, 0.15) is 0 Å². The van der Waals surface area contributed by atoms with Gasteiger partial charge in [-0.1, -0.05) is 0 Å². The Morgan fingerprint density at radius 3 is 1.00 bits per heavy atom. The Balaban J connectivity index is 3.73. The summed E-state index contributed by atoms with van der Waals surface area (Å²) in [6.07, 6.45) is 0. The fraction of sp³-hybridized carbons (Fsp3) is 1.00. The molecule has 0 rings (SSSR count). The Morgan fingerprint density at radius 2 is 1.00 bits per heavy atom. The standard InChI is InChI=1S/C3H9Br2P/c1-6(2,3,4)5/h1-3H3. The Hall–Kier alpha value is 1.39. The number of hydrogen-bond acceptors (Lipinski definition) is 0. The van der Waals surface area contributed by atoms with E-state index in [-0.39, 0.29) is 0 Å². The summed E-state index contributed by atoms with van der Waals surface area (Å²) >= 11 is 7.05. The van der Waals surface area contributed by atoms with Gasteiger partial charge in [0.05, 0.1) is 0 Å². The second-order valence-electron chi connectivity index (χ2n) is 2.42. The van der Waals surface area contributed by atoms with E-state index in [0.717, 1.165) is 0 Å². The minimum atomic E-state index is -1.43. The van der Waals surface area contributed by atoms with E-state index < -0.39 is 4.01 Å². The first-order chi connectivity index (χ1) is 2.24. The predicted molar refractivity (Wildman–Crippen MR) is 42.5 cm³/mol. The van der Waals surface area contributed by atoms with Crippen LogP contribution in [0.4, 0.5) is 0 Å². The average Bonchev–Trinajstić information content (AvgIpc) is 0.650. The SMILES string of the molecule is CP(C)(C)(Br)Br. The molecule has 0 aliphatic carbocycles. The topological polar surface area (TPSA) is 0 Å². The summed E-state index contributed by atoms with van der Waals surface area (Å²) in [5, 5.41) is 0. The van der Waals surface area contributed by atoms with Gasteiger partial charge in [-0.3, -0.25) is 0 Å². The molecule has 6 heavy (non-hydrogen) atoms. The predicted octanol–water partition coefficient (Wildman–Crippen LogP) is 3.05. The Bertz CT molecular complexity index is 42.0. The molecule has 0 amide bonds. The van der Waals surface area contributed by atoms with Gasteiger partial charge in [-0.2, -0.15) is 0 Å². The summed E-state index contributed by atoms with van der Waals surface area (Å²) < 4.78 is -1.43. The second kappa shape index (κ2) is 1.43. The molecule has 40 valence electrons. The number of halogens is 2. The summed E-state index contributed by atoms with van der Waals surface area (Å²) in [6, 6.07) is 0. The maximum absolute atomic E-state index is 3.53. The minimum absolute atomic E-state index is 1.43. The van der Waals surface area contributed by atoms with Gasteiger partial charge in [0, 0.05) is 0 Å². The van der Waals surface area contributed by atoms with E-state index in [1.54, 1.807) is 0 Å². The van der Waals surface area contributed by atoms with Crippen LogP contribution < -0.4 is 0 Å². The molecule has 0 heterocycles. The molecule has 0 fully saturated rings. The van der Waals surface area contributed by atoms with Crippen LogP contribution in [0.5, 0.6) is 0 Å². The van der Waals surface area contributed by atoms with Crippen LogP contribution >= 0.6 is 35.0 Å². The third-order valence-corrected chi connectivity index (χ3v) is 0. The first kappa shape index (κ1) is 7.39. The van der Waals surface area contributed by atoms with E-state index in [4.69, 9.17) is 0 Å². The van der Waals surface area contributed by atoms with E-state index in [1.165, 1.54) is 0 Å². The molecule has 0 aromatic heterocycles. The molecular formula is C3H9Br2P. The fourth-order valence-corrected chi connectivity index (χ4v) is 0. The molecule has 0 aromatic rings. The molecule has 0 radical (unpaired) electrons. The third kappa shape index (κ3) is 53.8. The zero-order valence-corrected chi connectivity index (χ0v) is 8.27. The molecule has 0 saturated heterocycles. The van der Waals surface area contributed by atoms with Crippen molar-refractivity contribution in [3.63, 3.8) is 0 Å². The van der Waals surface area contributed by atoms with Gasteiger partial charge in [0.15, 0.2) is 0 Å². The summed E-state index contributed by atoms with van der Waals surface area (Å²) in [7, 11) is 0. The van der Waals surface area contributed by atoms with Crippen LogP contribution in [0.25, 0.3) is 0 Å². The van der Waals surface area contributed by atoms with Crippen molar-refractivity contribution >= 4 is 35.0 Å². The first-order valence-corrected chi connectivity index (χ1v) is 9.29. The van der Waals surface area contributed by atoms with Crippen molar-refractivity contribution in [1.82, 2.24) is 0 Å². The van der Waals surface area contributed by atoms with E-state index in [1.807, 2.05) is 0 Å². The molecule has 0 aromatic carbocycles. The van der Waals surface area contributed by atoms with Gasteiger partial charge in [-0.25, -0.2) is 0 Å². The molecule has 0 aliphatic heterocycles. The second-order valence-corrected chi connectivity index (χ2v) is 25.0. The van der Waals surface area contributed by atoms with Crippen LogP contribution in [0.3, 0.4) is 0 Å². The van der Waals surface area contributed by atoms with Crippen molar-refractivity contribution in [3.8, 4) is 0 Å². The van der Waals surface area contributed by atoms with Gasteiger partial charge in [0.25, 0.3) is 0 Å². The molecule has 0 nitrogen and oxygen atoms in total. The number of rotatable bonds is 0. The van der Waals surface area contributed by atoms with Crippen LogP contribution in [-0.2, 0) is 0 Å². The van der Waals surface area contributed by atoms with Crippen molar-refractivity contribution < 1.29 is 0 Å². The zero-order valence-electron chi connectivity index (χ0n) is 4.20. The molecular weight excluding hydrogens is 227 g/mol. The van der Waals surface area contributed by atoms with E-state index >= 15 is 0 Å². The molecule has 0 spiro atoms. The van der Waals surface area contributed by atoms with Gasteiger partial charge in [0.1, 0.15) is 0 Å². The first-order valence-electron chi connectivity index (χ1n) is 1.68. The van der Waals surface area contributed by atoms with E-state index in [2.05, 4.69) is 51.0 Å². The average molecular weight is 236 g/mol. The van der Waals surface area contributed by atoms with Gasteiger partial charge >= 0.3 is 55.0 Å². The van der Waals surface area contributed by atoms with Crippen molar-refractivity contribution in [2.24, 2.45) is 0 Å². The van der Waals surface area contributed by atoms with Gasteiger partial charge in [0.2, 0.25) is 0 Å². The summed E-state index contributed by atoms with van der Waals surface area (Å²) in [5.41, 5.74) is 0. The van der Waals surface area contributed by atoms with E-state index in [0.29, 0.717) is 0 Å². The van der Waals surface area contributed by atoms with Crippen molar-refractivity contribution in [1.29, 1.82) is 0 Å². The molecule has 0 bridgehead atoms. The molecule has 0 aliphatic rings. The normalized spacial score (nSPS) is 19.2. The maximum atomic E-state index is 3.53. The summed E-state index contributed by atoms with van der Waals surface area (Å²) in [4.78, 5) is 0. The zero-order chi connectivity index (χ0) is 5.45. The van der Waals surface area contributed by atoms with Gasteiger partial charge in [-0.05, 0) is 0 Å². The molecule has 0 N–H and O–H groups in total. The number of hydrogen-bond donors (Lipinski definition) is 0. The molecule has 0 atom stereocenters. The van der Waals surface area contributed by atoms with Gasteiger partial charge in [-0.15, -0.1) is 0 Å². The Morgan fingerprint density at radius 1 is 1.00 bits per heavy atom. The van der Waals surface area contributed by atoms with Gasteiger partial charge < -0.3 is 0 Å². The van der Waals surface area contributed by atoms with Crippen LogP contribution in [0.15, 0.2) is 0 Å². The van der Waals surface area contributed by atoms with Crippen molar-refractivity contribution in [2.75, 3.05) is 20.0 Å². The quantitative estimate of drug-likeness (QED) is 0.567. The molecule has 0 unspecified atom stereocenters. The summed E-state index contributed by atoms with van der Waals surface area (Å²) in [6.45, 7) is 6.52. The van der Waals surface area contributed by atoms with Crippen LogP contribution in [-0.4, -0.2) is 20.0 Å². The molecule has 0 saturated carbocycles. The van der Waals surface area contributed by atoms with Crippen LogP contribution in [0.2, 0.25) is 0 Å². The van der Waals surface area contributed by atoms with Crippen LogP contribution in [0, 0.1) is 0 Å². The Kier molecular flexibility index (Phi) is 1.76. The Labute approximate surface area is 55.1 Å². The van der Waals surface area contributed by atoms with E-state index in [9.17, 15) is 0 Å².